The zero-order valence-corrected chi connectivity index (χ0v) is 16.8. The Balaban J connectivity index is 2.65. The van der Waals surface area contributed by atoms with Crippen molar-refractivity contribution < 1.29 is 14.3 Å². The van der Waals surface area contributed by atoms with E-state index in [0.29, 0.717) is 12.5 Å². The number of carbonyl (C=O) groups excluding carboxylic acids is 2. The fourth-order valence-corrected chi connectivity index (χ4v) is 3.76. The quantitative estimate of drug-likeness (QED) is 0.710. The minimum absolute atomic E-state index is 0.0481. The first-order valence-electron chi connectivity index (χ1n) is 7.82. The van der Waals surface area contributed by atoms with Gasteiger partial charge in [0.1, 0.15) is 6.04 Å². The van der Waals surface area contributed by atoms with E-state index < -0.39 is 12.0 Å². The molecule has 1 N–H and O–H groups in total. The number of hydrogen-bond acceptors (Lipinski definition) is 6. The molecule has 0 aliphatic rings. The van der Waals surface area contributed by atoms with E-state index in [-0.39, 0.29) is 11.9 Å². The smallest absolute Gasteiger partial charge is 0.328 e. The van der Waals surface area contributed by atoms with Crippen LogP contribution < -0.4 is 5.32 Å². The summed E-state index contributed by atoms with van der Waals surface area (Å²) in [5, 5.41) is 5.79. The summed E-state index contributed by atoms with van der Waals surface area (Å²) < 4.78 is 4.74. The number of rotatable bonds is 8. The third-order valence-electron chi connectivity index (χ3n) is 3.55. The van der Waals surface area contributed by atoms with Gasteiger partial charge in [-0.3, -0.25) is 0 Å². The Kier molecular flexibility index (Phi) is 8.55. The van der Waals surface area contributed by atoms with Gasteiger partial charge in [-0.1, -0.05) is 20.8 Å². The molecule has 1 aromatic rings. The first kappa shape index (κ1) is 20.8. The van der Waals surface area contributed by atoms with Crippen LogP contribution in [0.15, 0.2) is 5.38 Å². The number of hydrogen-bond donors (Lipinski definition) is 1. The van der Waals surface area contributed by atoms with Crippen LogP contribution in [-0.4, -0.2) is 54.1 Å². The maximum absolute atomic E-state index is 12.3. The van der Waals surface area contributed by atoms with Crippen molar-refractivity contribution >= 4 is 35.1 Å². The molecule has 0 aliphatic carbocycles. The number of methoxy groups -OCH3 is 1. The van der Waals surface area contributed by atoms with E-state index in [1.807, 2.05) is 19.2 Å². The van der Waals surface area contributed by atoms with E-state index in [1.54, 1.807) is 30.1 Å². The third-order valence-corrected chi connectivity index (χ3v) is 5.51. The van der Waals surface area contributed by atoms with E-state index in [0.717, 1.165) is 16.5 Å². The second kappa shape index (κ2) is 9.88. The van der Waals surface area contributed by atoms with Crippen molar-refractivity contribution in [2.75, 3.05) is 26.2 Å². The number of nitrogens with zero attached hydrogens (tertiary/aromatic N) is 2. The predicted molar refractivity (Wildman–Crippen MR) is 99.6 cm³/mol. The van der Waals surface area contributed by atoms with Gasteiger partial charge >= 0.3 is 12.0 Å². The molecule has 136 valence electrons. The standard InChI is InChI=1S/C16H27N3O3S2/c1-10(2)13(15(20)22-5)18-16(21)19(4)7-12-9-24-14(17-12)11(3)8-23-6/h9-11,13H,7-8H2,1-6H3,(H,18,21)/t11?,13-/m0/s1. The summed E-state index contributed by atoms with van der Waals surface area (Å²) >= 11 is 3.42. The van der Waals surface area contributed by atoms with Gasteiger partial charge in [0, 0.05) is 24.1 Å². The summed E-state index contributed by atoms with van der Waals surface area (Å²) in [5.74, 6) is 0.947. The van der Waals surface area contributed by atoms with E-state index in [2.05, 4.69) is 23.5 Å². The number of esters is 1. The first-order valence-corrected chi connectivity index (χ1v) is 10.1. The second-order valence-electron chi connectivity index (χ2n) is 6.08. The van der Waals surface area contributed by atoms with E-state index in [9.17, 15) is 9.59 Å². The molecule has 0 radical (unpaired) electrons. The van der Waals surface area contributed by atoms with Gasteiger partial charge in [-0.05, 0) is 12.2 Å². The van der Waals surface area contributed by atoms with Gasteiger partial charge in [-0.25, -0.2) is 14.6 Å². The fourth-order valence-electron chi connectivity index (χ4n) is 2.13. The lowest BCUT2D eigenvalue weighted by Crippen LogP contribution is -2.49. The molecule has 1 rings (SSSR count). The minimum atomic E-state index is -0.655. The first-order chi connectivity index (χ1) is 11.3. The summed E-state index contributed by atoms with van der Waals surface area (Å²) in [6, 6.07) is -0.969. The van der Waals surface area contributed by atoms with Crippen LogP contribution in [0.25, 0.3) is 0 Å². The lowest BCUT2D eigenvalue weighted by Gasteiger charge is -2.23. The van der Waals surface area contributed by atoms with Crippen LogP contribution in [0.1, 0.15) is 37.4 Å². The van der Waals surface area contributed by atoms with Gasteiger partial charge < -0.3 is 15.0 Å². The fraction of sp³-hybridized carbons (Fsp3) is 0.688. The highest BCUT2D eigenvalue weighted by atomic mass is 32.2. The number of amides is 2. The zero-order valence-electron chi connectivity index (χ0n) is 15.2. The Morgan fingerprint density at radius 3 is 2.62 bits per heavy atom. The minimum Gasteiger partial charge on any atom is -0.467 e. The number of aromatic nitrogens is 1. The van der Waals surface area contributed by atoms with Crippen molar-refractivity contribution in [2.45, 2.75) is 39.3 Å². The van der Waals surface area contributed by atoms with Crippen molar-refractivity contribution in [3.63, 3.8) is 0 Å². The molecule has 0 fully saturated rings. The monoisotopic (exact) mass is 373 g/mol. The molecule has 0 aromatic carbocycles. The molecule has 8 heteroatoms. The van der Waals surface area contributed by atoms with Gasteiger partial charge in [-0.2, -0.15) is 11.8 Å². The molecule has 24 heavy (non-hydrogen) atoms. The van der Waals surface area contributed by atoms with Gasteiger partial charge in [0.25, 0.3) is 0 Å². The molecular weight excluding hydrogens is 346 g/mol. The molecule has 2 amide bonds. The van der Waals surface area contributed by atoms with Crippen molar-refractivity contribution in [1.29, 1.82) is 0 Å². The number of urea groups is 1. The second-order valence-corrected chi connectivity index (χ2v) is 7.88. The molecule has 0 bridgehead atoms. The highest BCUT2D eigenvalue weighted by Crippen LogP contribution is 2.23. The molecule has 0 aliphatic heterocycles. The maximum atomic E-state index is 12.3. The summed E-state index contributed by atoms with van der Waals surface area (Å²) in [4.78, 5) is 30.2. The Hall–Kier alpha value is -1.28. The van der Waals surface area contributed by atoms with Crippen LogP contribution in [0.4, 0.5) is 4.79 Å². The maximum Gasteiger partial charge on any atom is 0.328 e. The Morgan fingerprint density at radius 1 is 1.42 bits per heavy atom. The Labute approximate surface area is 152 Å². The topological polar surface area (TPSA) is 71.5 Å². The number of thioether (sulfide) groups is 1. The van der Waals surface area contributed by atoms with Crippen LogP contribution in [0, 0.1) is 5.92 Å². The highest BCUT2D eigenvalue weighted by molar-refractivity contribution is 7.98. The van der Waals surface area contributed by atoms with Gasteiger partial charge in [-0.15, -0.1) is 11.3 Å². The van der Waals surface area contributed by atoms with Gasteiger partial charge in [0.15, 0.2) is 0 Å². The molecule has 0 spiro atoms. The van der Waals surface area contributed by atoms with E-state index in [4.69, 9.17) is 4.74 Å². The van der Waals surface area contributed by atoms with E-state index >= 15 is 0 Å². The predicted octanol–water partition coefficient (Wildman–Crippen LogP) is 2.95. The molecule has 1 heterocycles. The third kappa shape index (κ3) is 5.98. The highest BCUT2D eigenvalue weighted by Gasteiger charge is 2.26. The summed E-state index contributed by atoms with van der Waals surface area (Å²) in [7, 11) is 3.01. The van der Waals surface area contributed by atoms with E-state index in [1.165, 1.54) is 12.0 Å². The van der Waals surface area contributed by atoms with Gasteiger partial charge in [0.2, 0.25) is 0 Å². The normalized spacial score (nSPS) is 13.5. The average molecular weight is 374 g/mol. The summed E-state index contributed by atoms with van der Waals surface area (Å²) in [5.41, 5.74) is 0.861. The van der Waals surface area contributed by atoms with Crippen LogP contribution in [0.3, 0.4) is 0 Å². The Bertz CT molecular complexity index is 548. The van der Waals surface area contributed by atoms with Crippen molar-refractivity contribution in [2.24, 2.45) is 5.92 Å². The van der Waals surface area contributed by atoms with Crippen LogP contribution in [0.5, 0.6) is 0 Å². The average Bonchev–Trinajstić information content (AvgIpc) is 3.00. The lowest BCUT2D eigenvalue weighted by atomic mass is 10.1. The van der Waals surface area contributed by atoms with Crippen molar-refractivity contribution in [1.82, 2.24) is 15.2 Å². The molecule has 2 atom stereocenters. The largest absolute Gasteiger partial charge is 0.467 e. The number of ether oxygens (including phenoxy) is 1. The molecular formula is C16H27N3O3S2. The van der Waals surface area contributed by atoms with Crippen LogP contribution in [0.2, 0.25) is 0 Å². The van der Waals surface area contributed by atoms with Crippen LogP contribution in [-0.2, 0) is 16.1 Å². The van der Waals surface area contributed by atoms with Gasteiger partial charge in [0.05, 0.1) is 24.4 Å². The molecule has 1 aromatic heterocycles. The number of carbonyl (C=O) groups is 2. The summed E-state index contributed by atoms with van der Waals surface area (Å²) in [6.07, 6.45) is 2.08. The molecule has 0 saturated heterocycles. The Morgan fingerprint density at radius 2 is 2.08 bits per heavy atom. The van der Waals surface area contributed by atoms with Crippen molar-refractivity contribution in [3.05, 3.63) is 16.1 Å². The molecule has 0 saturated carbocycles. The lowest BCUT2D eigenvalue weighted by molar-refractivity contribution is -0.144. The number of nitrogens with one attached hydrogen (secondary N) is 1. The van der Waals surface area contributed by atoms with Crippen molar-refractivity contribution in [3.8, 4) is 0 Å². The van der Waals surface area contributed by atoms with Crippen LogP contribution >= 0.6 is 23.1 Å². The summed E-state index contributed by atoms with van der Waals surface area (Å²) in [6.45, 7) is 6.28. The molecule has 6 nitrogen and oxygen atoms in total. The molecule has 1 unspecified atom stereocenters. The SMILES string of the molecule is COC(=O)[C@@H](NC(=O)N(C)Cc1csc(C(C)CSC)n1)C(C)C. The zero-order chi connectivity index (χ0) is 18.3. The number of thiazole rings is 1.